The minimum Gasteiger partial charge on any atom is -0.480 e. The van der Waals surface area contributed by atoms with Gasteiger partial charge in [-0.05, 0) is 43.2 Å². The maximum Gasteiger partial charge on any atom is 0.323 e. The van der Waals surface area contributed by atoms with Crippen molar-refractivity contribution in [2.75, 3.05) is 19.6 Å². The Hall–Kier alpha value is -1.89. The number of nitrogens with zero attached hydrogens (tertiary/aromatic N) is 2. The van der Waals surface area contributed by atoms with Crippen LogP contribution in [0.25, 0.3) is 0 Å². The summed E-state index contributed by atoms with van der Waals surface area (Å²) in [4.78, 5) is 39.2. The van der Waals surface area contributed by atoms with Crippen LogP contribution in [0.1, 0.15) is 41.4 Å². The largest absolute Gasteiger partial charge is 0.480 e. The molecular weight excluding hydrogens is 316 g/mol. The normalized spacial score (nSPS) is 18.3. The molecule has 0 saturated carbocycles. The van der Waals surface area contributed by atoms with E-state index in [4.69, 9.17) is 5.11 Å². The van der Waals surface area contributed by atoms with E-state index < -0.39 is 5.97 Å². The third-order valence-electron chi connectivity index (χ3n) is 4.19. The third-order valence-corrected chi connectivity index (χ3v) is 5.20. The van der Waals surface area contributed by atoms with Gasteiger partial charge in [-0.3, -0.25) is 14.4 Å². The highest BCUT2D eigenvalue weighted by atomic mass is 32.1. The number of likely N-dealkylation sites (tertiary alicyclic amines) is 1. The molecule has 1 aliphatic heterocycles. The molecule has 1 aromatic heterocycles. The zero-order valence-corrected chi connectivity index (χ0v) is 14.3. The van der Waals surface area contributed by atoms with Gasteiger partial charge in [-0.15, -0.1) is 11.3 Å². The first-order valence-corrected chi connectivity index (χ1v) is 8.60. The molecule has 1 atom stereocenters. The first kappa shape index (κ1) is 17.5. The molecule has 1 fully saturated rings. The van der Waals surface area contributed by atoms with Crippen LogP contribution >= 0.6 is 11.3 Å². The summed E-state index contributed by atoms with van der Waals surface area (Å²) in [6, 6.07) is 1.81. The van der Waals surface area contributed by atoms with E-state index in [9.17, 15) is 14.4 Å². The molecule has 6 nitrogen and oxygen atoms in total. The third kappa shape index (κ3) is 4.31. The van der Waals surface area contributed by atoms with E-state index in [1.165, 1.54) is 23.2 Å². The number of hydrogen-bond acceptors (Lipinski definition) is 4. The number of carbonyl (C=O) groups excluding carboxylic acids is 2. The molecule has 0 aliphatic carbocycles. The van der Waals surface area contributed by atoms with Gasteiger partial charge in [0, 0.05) is 26.1 Å². The smallest absolute Gasteiger partial charge is 0.323 e. The molecule has 1 aliphatic rings. The molecule has 126 valence electrons. The quantitative estimate of drug-likeness (QED) is 0.911. The van der Waals surface area contributed by atoms with Crippen LogP contribution < -0.4 is 0 Å². The SMILES string of the molecule is CC(=O)N(CC(=O)O)C1CCCN(C(=O)c2sccc2C)CC1. The maximum atomic E-state index is 12.6. The van der Waals surface area contributed by atoms with Crippen molar-refractivity contribution in [3.8, 4) is 0 Å². The number of aryl methyl sites for hydroxylation is 1. The Kier molecular flexibility index (Phi) is 5.76. The standard InChI is InChI=1S/C16H22N2O4S/c1-11-6-9-23-15(11)16(22)17-7-3-4-13(5-8-17)18(12(2)19)10-14(20)21/h6,9,13H,3-5,7-8,10H2,1-2H3,(H,20,21). The maximum absolute atomic E-state index is 12.6. The van der Waals surface area contributed by atoms with Crippen LogP contribution in [0.15, 0.2) is 11.4 Å². The molecular formula is C16H22N2O4S. The van der Waals surface area contributed by atoms with Gasteiger partial charge in [0.2, 0.25) is 5.91 Å². The second kappa shape index (κ2) is 7.59. The molecule has 0 radical (unpaired) electrons. The number of carboxylic acid groups (broad SMARTS) is 1. The van der Waals surface area contributed by atoms with E-state index in [0.717, 1.165) is 23.3 Å². The van der Waals surface area contributed by atoms with E-state index in [-0.39, 0.29) is 24.4 Å². The first-order chi connectivity index (χ1) is 10.9. The monoisotopic (exact) mass is 338 g/mol. The Morgan fingerprint density at radius 1 is 1.35 bits per heavy atom. The summed E-state index contributed by atoms with van der Waals surface area (Å²) in [5, 5.41) is 10.9. The Balaban J connectivity index is 2.04. The van der Waals surface area contributed by atoms with Crippen LogP contribution in [-0.4, -0.2) is 58.4 Å². The van der Waals surface area contributed by atoms with Crippen LogP contribution in [0.4, 0.5) is 0 Å². The Labute approximate surface area is 139 Å². The van der Waals surface area contributed by atoms with Gasteiger partial charge in [0.05, 0.1) is 4.88 Å². The fourth-order valence-corrected chi connectivity index (χ4v) is 3.86. The Bertz CT molecular complexity index is 599. The van der Waals surface area contributed by atoms with Crippen LogP contribution in [0.5, 0.6) is 0 Å². The lowest BCUT2D eigenvalue weighted by Gasteiger charge is -2.28. The summed E-state index contributed by atoms with van der Waals surface area (Å²) in [7, 11) is 0. The summed E-state index contributed by atoms with van der Waals surface area (Å²) in [5.41, 5.74) is 0.983. The summed E-state index contributed by atoms with van der Waals surface area (Å²) in [6.45, 7) is 4.23. The molecule has 1 N–H and O–H groups in total. The van der Waals surface area contributed by atoms with Crippen molar-refractivity contribution in [3.63, 3.8) is 0 Å². The van der Waals surface area contributed by atoms with E-state index in [1.807, 2.05) is 23.3 Å². The van der Waals surface area contributed by atoms with E-state index in [1.54, 1.807) is 0 Å². The lowest BCUT2D eigenvalue weighted by Crippen LogP contribution is -2.43. The van der Waals surface area contributed by atoms with Crippen LogP contribution in [0, 0.1) is 6.92 Å². The highest BCUT2D eigenvalue weighted by Crippen LogP contribution is 2.22. The average Bonchev–Trinajstić information content (AvgIpc) is 2.77. The van der Waals surface area contributed by atoms with Crippen molar-refractivity contribution in [1.29, 1.82) is 0 Å². The lowest BCUT2D eigenvalue weighted by molar-refractivity contribution is -0.145. The Morgan fingerprint density at radius 2 is 2.09 bits per heavy atom. The number of thiophene rings is 1. The highest BCUT2D eigenvalue weighted by Gasteiger charge is 2.28. The molecule has 0 bridgehead atoms. The molecule has 0 spiro atoms. The fraction of sp³-hybridized carbons (Fsp3) is 0.562. The molecule has 1 aromatic rings. The first-order valence-electron chi connectivity index (χ1n) is 7.72. The molecule has 1 unspecified atom stereocenters. The molecule has 23 heavy (non-hydrogen) atoms. The van der Waals surface area contributed by atoms with Crippen molar-refractivity contribution >= 4 is 29.1 Å². The van der Waals surface area contributed by atoms with Crippen molar-refractivity contribution in [3.05, 3.63) is 21.9 Å². The van der Waals surface area contributed by atoms with Crippen molar-refractivity contribution in [1.82, 2.24) is 9.80 Å². The van der Waals surface area contributed by atoms with Gasteiger partial charge in [0.1, 0.15) is 6.54 Å². The molecule has 2 heterocycles. The molecule has 0 aromatic carbocycles. The topological polar surface area (TPSA) is 77.9 Å². The van der Waals surface area contributed by atoms with Gasteiger partial charge in [0.15, 0.2) is 0 Å². The van der Waals surface area contributed by atoms with E-state index in [0.29, 0.717) is 19.5 Å². The van der Waals surface area contributed by atoms with Crippen LogP contribution in [-0.2, 0) is 9.59 Å². The van der Waals surface area contributed by atoms with Gasteiger partial charge in [0.25, 0.3) is 5.91 Å². The zero-order valence-electron chi connectivity index (χ0n) is 13.4. The number of aliphatic carboxylic acids is 1. The zero-order chi connectivity index (χ0) is 17.0. The van der Waals surface area contributed by atoms with Crippen LogP contribution in [0.3, 0.4) is 0 Å². The summed E-state index contributed by atoms with van der Waals surface area (Å²) >= 11 is 1.45. The Morgan fingerprint density at radius 3 is 2.65 bits per heavy atom. The minimum absolute atomic E-state index is 0.0331. The number of amides is 2. The predicted molar refractivity (Wildman–Crippen MR) is 87.6 cm³/mol. The van der Waals surface area contributed by atoms with E-state index >= 15 is 0 Å². The second-order valence-corrected chi connectivity index (χ2v) is 6.77. The van der Waals surface area contributed by atoms with Gasteiger partial charge in [-0.2, -0.15) is 0 Å². The minimum atomic E-state index is -1.01. The summed E-state index contributed by atoms with van der Waals surface area (Å²) in [5.74, 6) is -1.20. The number of hydrogen-bond donors (Lipinski definition) is 1. The lowest BCUT2D eigenvalue weighted by atomic mass is 10.1. The number of rotatable bonds is 4. The predicted octanol–water partition coefficient (Wildman–Crippen LogP) is 1.98. The average molecular weight is 338 g/mol. The van der Waals surface area contributed by atoms with Gasteiger partial charge in [-0.1, -0.05) is 0 Å². The van der Waals surface area contributed by atoms with Gasteiger partial charge < -0.3 is 14.9 Å². The molecule has 1 saturated heterocycles. The molecule has 2 rings (SSSR count). The number of carboxylic acids is 1. The second-order valence-electron chi connectivity index (χ2n) is 5.85. The summed E-state index contributed by atoms with van der Waals surface area (Å²) in [6.07, 6.45) is 2.10. The van der Waals surface area contributed by atoms with Crippen molar-refractivity contribution in [2.24, 2.45) is 0 Å². The van der Waals surface area contributed by atoms with Crippen LogP contribution in [0.2, 0.25) is 0 Å². The molecule has 7 heteroatoms. The van der Waals surface area contributed by atoms with Crippen molar-refractivity contribution < 1.29 is 19.5 Å². The van der Waals surface area contributed by atoms with Gasteiger partial charge >= 0.3 is 5.97 Å². The van der Waals surface area contributed by atoms with Gasteiger partial charge in [-0.25, -0.2) is 0 Å². The number of carbonyl (C=O) groups is 3. The molecule has 2 amide bonds. The van der Waals surface area contributed by atoms with Crippen molar-refractivity contribution in [2.45, 2.75) is 39.2 Å². The van der Waals surface area contributed by atoms with E-state index in [2.05, 4.69) is 0 Å². The summed E-state index contributed by atoms with van der Waals surface area (Å²) < 4.78 is 0. The highest BCUT2D eigenvalue weighted by molar-refractivity contribution is 7.12. The fourth-order valence-electron chi connectivity index (χ4n) is 2.97.